The first-order valence-corrected chi connectivity index (χ1v) is 12.2. The van der Waals surface area contributed by atoms with Gasteiger partial charge in [0.05, 0.1) is 6.04 Å². The number of nitrogens with zero attached hydrogens (tertiary/aromatic N) is 2. The van der Waals surface area contributed by atoms with Gasteiger partial charge in [0.2, 0.25) is 5.91 Å². The van der Waals surface area contributed by atoms with Gasteiger partial charge in [0.1, 0.15) is 24.7 Å². The molecule has 2 aliphatic rings. The van der Waals surface area contributed by atoms with Crippen molar-refractivity contribution in [1.29, 1.82) is 0 Å². The van der Waals surface area contributed by atoms with Crippen molar-refractivity contribution in [3.8, 4) is 5.75 Å². The Morgan fingerprint density at radius 2 is 2.03 bits per heavy atom. The minimum atomic E-state index is -0.316. The summed E-state index contributed by atoms with van der Waals surface area (Å²) < 4.78 is 19.2. The van der Waals surface area contributed by atoms with Gasteiger partial charge in [0, 0.05) is 24.5 Å². The Kier molecular flexibility index (Phi) is 7.29. The van der Waals surface area contributed by atoms with Crippen molar-refractivity contribution in [1.82, 2.24) is 15.1 Å². The first-order valence-electron chi connectivity index (χ1n) is 11.3. The van der Waals surface area contributed by atoms with Gasteiger partial charge in [-0.15, -0.1) is 11.3 Å². The van der Waals surface area contributed by atoms with E-state index >= 15 is 0 Å². The number of ether oxygens (including phenoxy) is 1. The number of hydrogen-bond acceptors (Lipinski definition) is 4. The third-order valence-corrected chi connectivity index (χ3v) is 6.95. The third kappa shape index (κ3) is 5.59. The topological polar surface area (TPSA) is 61.9 Å². The van der Waals surface area contributed by atoms with E-state index in [2.05, 4.69) is 5.32 Å². The van der Waals surface area contributed by atoms with E-state index < -0.39 is 0 Å². The van der Waals surface area contributed by atoms with Crippen molar-refractivity contribution < 1.29 is 18.7 Å². The molecule has 1 aliphatic heterocycles. The van der Waals surface area contributed by atoms with E-state index in [-0.39, 0.29) is 36.9 Å². The summed E-state index contributed by atoms with van der Waals surface area (Å²) in [5.74, 6) is 0.680. The predicted octanol–water partition coefficient (Wildman–Crippen LogP) is 4.22. The molecule has 6 nitrogen and oxygen atoms in total. The van der Waals surface area contributed by atoms with E-state index in [1.165, 1.54) is 17.0 Å². The maximum atomic E-state index is 13.4. The molecule has 1 N–H and O–H groups in total. The number of halogens is 1. The molecule has 0 saturated heterocycles. The van der Waals surface area contributed by atoms with E-state index in [9.17, 15) is 14.0 Å². The second kappa shape index (κ2) is 10.3. The number of benzene rings is 1. The monoisotopic (exact) mass is 459 g/mol. The molecule has 3 amide bonds. The fourth-order valence-electron chi connectivity index (χ4n) is 4.01. The van der Waals surface area contributed by atoms with E-state index in [0.717, 1.165) is 31.2 Å². The molecule has 2 heterocycles. The molecule has 1 saturated carbocycles. The van der Waals surface area contributed by atoms with Crippen LogP contribution in [0.3, 0.4) is 0 Å². The average molecular weight is 460 g/mol. The van der Waals surface area contributed by atoms with Crippen LogP contribution in [0.5, 0.6) is 5.75 Å². The van der Waals surface area contributed by atoms with Crippen LogP contribution < -0.4 is 10.1 Å². The van der Waals surface area contributed by atoms with Gasteiger partial charge in [-0.2, -0.15) is 0 Å². The molecule has 0 bridgehead atoms. The van der Waals surface area contributed by atoms with Gasteiger partial charge in [-0.05, 0) is 72.9 Å². The van der Waals surface area contributed by atoms with Crippen LogP contribution in [0.25, 0.3) is 0 Å². The highest BCUT2D eigenvalue weighted by Crippen LogP contribution is 2.34. The number of carbonyl (C=O) groups is 2. The molecule has 1 aliphatic carbocycles. The zero-order valence-electron chi connectivity index (χ0n) is 18.4. The lowest BCUT2D eigenvalue weighted by atomic mass is 10.0. The second-order valence-corrected chi connectivity index (χ2v) is 9.47. The van der Waals surface area contributed by atoms with Crippen LogP contribution in [-0.2, 0) is 11.2 Å². The number of carbonyl (C=O) groups excluding carboxylic acids is 2. The zero-order chi connectivity index (χ0) is 22.5. The summed E-state index contributed by atoms with van der Waals surface area (Å²) in [5.41, 5.74) is 1.10. The van der Waals surface area contributed by atoms with Gasteiger partial charge >= 0.3 is 6.03 Å². The van der Waals surface area contributed by atoms with E-state index in [1.54, 1.807) is 28.4 Å². The normalized spacial score (nSPS) is 17.6. The maximum absolute atomic E-state index is 13.4. The molecule has 0 spiro atoms. The molecule has 1 fully saturated rings. The first-order chi connectivity index (χ1) is 15.5. The van der Waals surface area contributed by atoms with Crippen molar-refractivity contribution >= 4 is 23.3 Å². The summed E-state index contributed by atoms with van der Waals surface area (Å²) in [5, 5.41) is 4.95. The molecule has 8 heteroatoms. The van der Waals surface area contributed by atoms with Crippen LogP contribution >= 0.6 is 11.3 Å². The maximum Gasteiger partial charge on any atom is 0.317 e. The number of hydrogen-bond donors (Lipinski definition) is 1. The van der Waals surface area contributed by atoms with Crippen LogP contribution in [0.15, 0.2) is 35.7 Å². The molecule has 1 unspecified atom stereocenters. The summed E-state index contributed by atoms with van der Waals surface area (Å²) in [6, 6.07) is 7.56. The molecule has 1 aromatic heterocycles. The Hall–Kier alpha value is -2.61. The third-order valence-electron chi connectivity index (χ3n) is 5.95. The minimum Gasteiger partial charge on any atom is -0.491 e. The molecule has 32 heavy (non-hydrogen) atoms. The van der Waals surface area contributed by atoms with Gasteiger partial charge < -0.3 is 19.9 Å². The minimum absolute atomic E-state index is 0.0677. The van der Waals surface area contributed by atoms with Crippen molar-refractivity contribution in [2.75, 3.05) is 32.8 Å². The predicted molar refractivity (Wildman–Crippen MR) is 122 cm³/mol. The molecule has 1 atom stereocenters. The smallest absolute Gasteiger partial charge is 0.317 e. The van der Waals surface area contributed by atoms with Gasteiger partial charge in [-0.3, -0.25) is 4.79 Å². The van der Waals surface area contributed by atoms with Crippen molar-refractivity contribution in [2.45, 2.75) is 38.6 Å². The quantitative estimate of drug-likeness (QED) is 0.611. The Labute approximate surface area is 192 Å². The van der Waals surface area contributed by atoms with Crippen LogP contribution in [0.2, 0.25) is 0 Å². The fourth-order valence-corrected chi connectivity index (χ4v) is 4.94. The zero-order valence-corrected chi connectivity index (χ0v) is 19.2. The molecular formula is C24H30FN3O3S. The van der Waals surface area contributed by atoms with E-state index in [1.807, 2.05) is 23.3 Å². The highest BCUT2D eigenvalue weighted by Gasteiger charge is 2.35. The highest BCUT2D eigenvalue weighted by atomic mass is 32.1. The Morgan fingerprint density at radius 1 is 1.25 bits per heavy atom. The number of urea groups is 1. The van der Waals surface area contributed by atoms with Gasteiger partial charge in [0.15, 0.2) is 0 Å². The highest BCUT2D eigenvalue weighted by molar-refractivity contribution is 7.10. The van der Waals surface area contributed by atoms with Crippen molar-refractivity contribution in [3.05, 3.63) is 52.0 Å². The van der Waals surface area contributed by atoms with Crippen LogP contribution in [-0.4, -0.2) is 54.5 Å². The van der Waals surface area contributed by atoms with Crippen molar-refractivity contribution in [3.63, 3.8) is 0 Å². The molecule has 4 rings (SSSR count). The first kappa shape index (κ1) is 22.6. The molecule has 1 aromatic carbocycles. The SMILES string of the molecule is CCCNC(=O)N(CC(=O)N1CCc2sccc2C1COc1ccc(F)cc1)CC1CC1. The largest absolute Gasteiger partial charge is 0.491 e. The molecule has 172 valence electrons. The number of nitrogens with one attached hydrogen (secondary N) is 1. The number of amides is 3. The van der Waals surface area contributed by atoms with Gasteiger partial charge in [-0.25, -0.2) is 9.18 Å². The van der Waals surface area contributed by atoms with E-state index in [4.69, 9.17) is 4.74 Å². The molecular weight excluding hydrogens is 429 g/mol. The fraction of sp³-hybridized carbons (Fsp3) is 0.500. The Balaban J connectivity index is 1.46. The van der Waals surface area contributed by atoms with Crippen LogP contribution in [0.1, 0.15) is 42.7 Å². The van der Waals surface area contributed by atoms with Gasteiger partial charge in [0.25, 0.3) is 0 Å². The van der Waals surface area contributed by atoms with Crippen molar-refractivity contribution in [2.24, 2.45) is 5.92 Å². The lowest BCUT2D eigenvalue weighted by molar-refractivity contribution is -0.135. The standard InChI is InChI=1S/C24H30FN3O3S/c1-2-11-26-24(30)27(14-17-3-4-17)15-23(29)28-12-9-22-20(10-13-32-22)21(28)16-31-19-7-5-18(25)6-8-19/h5-8,10,13,17,21H,2-4,9,11-12,14-16H2,1H3,(H,26,30). The van der Waals surface area contributed by atoms with Crippen LogP contribution in [0, 0.1) is 11.7 Å². The number of rotatable bonds is 9. The summed E-state index contributed by atoms with van der Waals surface area (Å²) in [6.07, 6.45) is 3.88. The second-order valence-electron chi connectivity index (χ2n) is 8.47. The average Bonchev–Trinajstić information content (AvgIpc) is 3.48. The van der Waals surface area contributed by atoms with Crippen LogP contribution in [0.4, 0.5) is 9.18 Å². The molecule has 2 aromatic rings. The van der Waals surface area contributed by atoms with Gasteiger partial charge in [-0.1, -0.05) is 6.92 Å². The Morgan fingerprint density at radius 3 is 2.75 bits per heavy atom. The summed E-state index contributed by atoms with van der Waals surface area (Å²) in [4.78, 5) is 30.8. The van der Waals surface area contributed by atoms with E-state index in [0.29, 0.717) is 31.3 Å². The Bertz CT molecular complexity index is 929. The number of fused-ring (bicyclic) bond motifs is 1. The number of thiophene rings is 1. The lowest BCUT2D eigenvalue weighted by Gasteiger charge is -2.37. The summed E-state index contributed by atoms with van der Waals surface area (Å²) in [6.45, 7) is 4.18. The molecule has 0 radical (unpaired) electrons. The summed E-state index contributed by atoms with van der Waals surface area (Å²) >= 11 is 1.69. The summed E-state index contributed by atoms with van der Waals surface area (Å²) in [7, 11) is 0. The lowest BCUT2D eigenvalue weighted by Crippen LogP contribution is -2.50.